The van der Waals surface area contributed by atoms with Gasteiger partial charge in [0.05, 0.1) is 11.4 Å². The summed E-state index contributed by atoms with van der Waals surface area (Å²) >= 11 is 6.21. The Kier molecular flexibility index (Phi) is 6.64. The average molecular weight is 346 g/mol. The van der Waals surface area contributed by atoms with Gasteiger partial charge in [0.15, 0.2) is 0 Å². The molecule has 2 rings (SSSR count). The summed E-state index contributed by atoms with van der Waals surface area (Å²) in [5.41, 5.74) is 3.95. The SMILES string of the molecule is CCOCN(C)c1ccc(Cl)cc1/C(C)=N/N(C)c1ccccc1. The average Bonchev–Trinajstić information content (AvgIpc) is 2.60. The van der Waals surface area contributed by atoms with E-state index in [0.717, 1.165) is 22.6 Å². The van der Waals surface area contributed by atoms with Gasteiger partial charge in [0.1, 0.15) is 6.73 Å². The van der Waals surface area contributed by atoms with Crippen LogP contribution < -0.4 is 9.91 Å². The zero-order valence-electron chi connectivity index (χ0n) is 14.7. The fraction of sp³-hybridized carbons (Fsp3) is 0.316. The lowest BCUT2D eigenvalue weighted by Gasteiger charge is -2.23. The zero-order chi connectivity index (χ0) is 17.5. The van der Waals surface area contributed by atoms with Crippen LogP contribution in [0.1, 0.15) is 19.4 Å². The van der Waals surface area contributed by atoms with Gasteiger partial charge in [0, 0.05) is 37.0 Å². The first-order valence-electron chi connectivity index (χ1n) is 7.95. The van der Waals surface area contributed by atoms with E-state index in [1.54, 1.807) is 0 Å². The number of benzene rings is 2. The number of hydrogen-bond donors (Lipinski definition) is 0. The summed E-state index contributed by atoms with van der Waals surface area (Å²) in [6.45, 7) is 5.17. The van der Waals surface area contributed by atoms with Crippen LogP contribution in [0, 0.1) is 0 Å². The van der Waals surface area contributed by atoms with Gasteiger partial charge >= 0.3 is 0 Å². The van der Waals surface area contributed by atoms with Gasteiger partial charge in [-0.1, -0.05) is 29.8 Å². The van der Waals surface area contributed by atoms with Crippen LogP contribution in [0.4, 0.5) is 11.4 Å². The number of hydrogen-bond acceptors (Lipinski definition) is 4. The molecule has 0 heterocycles. The Bertz CT molecular complexity index is 688. The lowest BCUT2D eigenvalue weighted by Crippen LogP contribution is -2.23. The van der Waals surface area contributed by atoms with Crippen molar-refractivity contribution in [2.75, 3.05) is 37.3 Å². The van der Waals surface area contributed by atoms with Crippen LogP contribution in [0.15, 0.2) is 53.6 Å². The van der Waals surface area contributed by atoms with E-state index < -0.39 is 0 Å². The highest BCUT2D eigenvalue weighted by atomic mass is 35.5. The molecule has 0 N–H and O–H groups in total. The van der Waals surface area contributed by atoms with Crippen LogP contribution in [0.3, 0.4) is 0 Å². The standard InChI is InChI=1S/C19H24ClN3O/c1-5-24-14-22(3)19-12-11-16(20)13-18(19)15(2)21-23(4)17-9-7-6-8-10-17/h6-13H,5,14H2,1-4H3/b21-15+. The van der Waals surface area contributed by atoms with Gasteiger partial charge in [0.25, 0.3) is 0 Å². The molecule has 0 radical (unpaired) electrons. The van der Waals surface area contributed by atoms with Crippen LogP contribution in [-0.2, 0) is 4.74 Å². The number of nitrogens with zero attached hydrogens (tertiary/aromatic N) is 3. The highest BCUT2D eigenvalue weighted by molar-refractivity contribution is 6.31. The molecule has 0 unspecified atom stereocenters. The quantitative estimate of drug-likeness (QED) is 0.416. The fourth-order valence-electron chi connectivity index (χ4n) is 2.41. The Hall–Kier alpha value is -2.04. The third kappa shape index (κ3) is 4.73. The molecule has 0 amide bonds. The normalized spacial score (nSPS) is 11.5. The molecule has 0 fully saturated rings. The van der Waals surface area contributed by atoms with Gasteiger partial charge in [-0.2, -0.15) is 5.10 Å². The molecule has 0 aromatic heterocycles. The van der Waals surface area contributed by atoms with Crippen molar-refractivity contribution in [3.63, 3.8) is 0 Å². The maximum absolute atomic E-state index is 6.21. The molecule has 0 bridgehead atoms. The molecule has 128 valence electrons. The molecule has 0 aliphatic rings. The molecule has 0 spiro atoms. The smallest absolute Gasteiger partial charge is 0.118 e. The minimum Gasteiger partial charge on any atom is -0.361 e. The Morgan fingerprint density at radius 2 is 1.83 bits per heavy atom. The molecule has 5 heteroatoms. The number of ether oxygens (including phenoxy) is 1. The summed E-state index contributed by atoms with van der Waals surface area (Å²) in [6, 6.07) is 15.9. The second-order valence-electron chi connectivity index (χ2n) is 5.53. The summed E-state index contributed by atoms with van der Waals surface area (Å²) in [7, 11) is 3.93. The van der Waals surface area contributed by atoms with E-state index in [4.69, 9.17) is 21.4 Å². The summed E-state index contributed by atoms with van der Waals surface area (Å²) in [5, 5.41) is 7.26. The fourth-order valence-corrected chi connectivity index (χ4v) is 2.58. The van der Waals surface area contributed by atoms with Crippen molar-refractivity contribution in [2.24, 2.45) is 5.10 Å². The molecule has 0 aliphatic heterocycles. The van der Waals surface area contributed by atoms with Gasteiger partial charge in [0.2, 0.25) is 0 Å². The lowest BCUT2D eigenvalue weighted by molar-refractivity contribution is 0.151. The van der Waals surface area contributed by atoms with Gasteiger partial charge in [-0.15, -0.1) is 0 Å². The van der Waals surface area contributed by atoms with E-state index in [0.29, 0.717) is 18.4 Å². The second-order valence-corrected chi connectivity index (χ2v) is 5.96. The van der Waals surface area contributed by atoms with Gasteiger partial charge < -0.3 is 9.64 Å². The first-order valence-corrected chi connectivity index (χ1v) is 8.33. The van der Waals surface area contributed by atoms with Crippen molar-refractivity contribution in [3.8, 4) is 0 Å². The van der Waals surface area contributed by atoms with Crippen molar-refractivity contribution in [1.29, 1.82) is 0 Å². The monoisotopic (exact) mass is 345 g/mol. The Balaban J connectivity index is 2.32. The molecule has 0 atom stereocenters. The van der Waals surface area contributed by atoms with Crippen LogP contribution in [0.25, 0.3) is 0 Å². The second kappa shape index (κ2) is 8.71. The van der Waals surface area contributed by atoms with Crippen LogP contribution in [0.2, 0.25) is 5.02 Å². The van der Waals surface area contributed by atoms with Gasteiger partial charge in [-0.3, -0.25) is 5.01 Å². The molecular weight excluding hydrogens is 322 g/mol. The van der Waals surface area contributed by atoms with E-state index >= 15 is 0 Å². The van der Waals surface area contributed by atoms with Crippen LogP contribution in [-0.4, -0.2) is 33.1 Å². The summed E-state index contributed by atoms with van der Waals surface area (Å²) < 4.78 is 5.51. The largest absolute Gasteiger partial charge is 0.361 e. The third-order valence-electron chi connectivity index (χ3n) is 3.68. The van der Waals surface area contributed by atoms with E-state index in [2.05, 4.69) is 4.90 Å². The highest BCUT2D eigenvalue weighted by Crippen LogP contribution is 2.25. The maximum Gasteiger partial charge on any atom is 0.118 e. The van der Waals surface area contributed by atoms with Crippen LogP contribution >= 0.6 is 11.6 Å². The summed E-state index contributed by atoms with van der Waals surface area (Å²) in [6.07, 6.45) is 0. The predicted octanol–water partition coefficient (Wildman–Crippen LogP) is 4.63. The Morgan fingerprint density at radius 3 is 2.50 bits per heavy atom. The number of para-hydroxylation sites is 1. The van der Waals surface area contributed by atoms with Gasteiger partial charge in [-0.05, 0) is 44.2 Å². The molecule has 0 aliphatic carbocycles. The van der Waals surface area contributed by atoms with E-state index in [1.165, 1.54) is 0 Å². The summed E-state index contributed by atoms with van der Waals surface area (Å²) in [5.74, 6) is 0. The van der Waals surface area contributed by atoms with E-state index in [-0.39, 0.29) is 0 Å². The minimum atomic E-state index is 0.521. The topological polar surface area (TPSA) is 28.1 Å². The van der Waals surface area contributed by atoms with Crippen LogP contribution in [0.5, 0.6) is 0 Å². The molecule has 2 aromatic rings. The molecule has 0 saturated heterocycles. The highest BCUT2D eigenvalue weighted by Gasteiger charge is 2.12. The number of halogens is 1. The first-order chi connectivity index (χ1) is 11.5. The molecular formula is C19H24ClN3O. The van der Waals surface area contributed by atoms with Crippen molar-refractivity contribution >= 4 is 28.7 Å². The van der Waals surface area contributed by atoms with Gasteiger partial charge in [-0.25, -0.2) is 0 Å². The van der Waals surface area contributed by atoms with Crippen molar-refractivity contribution in [2.45, 2.75) is 13.8 Å². The van der Waals surface area contributed by atoms with Crippen molar-refractivity contribution < 1.29 is 4.74 Å². The maximum atomic E-state index is 6.21. The zero-order valence-corrected chi connectivity index (χ0v) is 15.4. The van der Waals surface area contributed by atoms with E-state index in [1.807, 2.05) is 81.5 Å². The molecule has 24 heavy (non-hydrogen) atoms. The number of rotatable bonds is 7. The lowest BCUT2D eigenvalue weighted by atomic mass is 10.1. The van der Waals surface area contributed by atoms with E-state index in [9.17, 15) is 0 Å². The summed E-state index contributed by atoms with van der Waals surface area (Å²) in [4.78, 5) is 2.05. The Labute approximate surface area is 149 Å². The molecule has 2 aromatic carbocycles. The first kappa shape index (κ1) is 18.3. The molecule has 0 saturated carbocycles. The minimum absolute atomic E-state index is 0.521. The van der Waals surface area contributed by atoms with Crippen molar-refractivity contribution in [3.05, 3.63) is 59.1 Å². The Morgan fingerprint density at radius 1 is 1.12 bits per heavy atom. The molecule has 4 nitrogen and oxygen atoms in total. The number of hydrazone groups is 1. The number of anilines is 2. The predicted molar refractivity (Wildman–Crippen MR) is 103 cm³/mol. The van der Waals surface area contributed by atoms with Crippen molar-refractivity contribution in [1.82, 2.24) is 0 Å². The third-order valence-corrected chi connectivity index (χ3v) is 3.91.